The van der Waals surface area contributed by atoms with Crippen molar-refractivity contribution in [3.63, 3.8) is 0 Å². The second-order valence-corrected chi connectivity index (χ2v) is 11.5. The van der Waals surface area contributed by atoms with E-state index >= 15 is 0 Å². The number of aromatic amines is 1. The van der Waals surface area contributed by atoms with Gasteiger partial charge < -0.3 is 24.5 Å². The molecule has 0 spiro atoms. The molecule has 39 heavy (non-hydrogen) atoms. The first-order valence-corrected chi connectivity index (χ1v) is 15.1. The second-order valence-electron chi connectivity index (χ2n) is 11.5. The molecule has 6 nitrogen and oxygen atoms in total. The van der Waals surface area contributed by atoms with Crippen LogP contribution >= 0.6 is 0 Å². The number of phenols is 1. The van der Waals surface area contributed by atoms with Crippen molar-refractivity contribution < 1.29 is 19.7 Å². The highest BCUT2D eigenvalue weighted by Gasteiger charge is 2.25. The van der Waals surface area contributed by atoms with Crippen LogP contribution in [0.4, 0.5) is 0 Å². The summed E-state index contributed by atoms with van der Waals surface area (Å²) < 4.78 is 8.21. The fraction of sp³-hybridized carbons (Fsp3) is 0.606. The Bertz CT molecular complexity index is 1150. The summed E-state index contributed by atoms with van der Waals surface area (Å²) in [7, 11) is 0. The van der Waals surface area contributed by atoms with Crippen LogP contribution in [0, 0.1) is 11.8 Å². The minimum Gasteiger partial charge on any atom is -0.504 e. The maximum Gasteiger partial charge on any atom is 0.165 e. The number of ketones is 1. The third-order valence-electron chi connectivity index (χ3n) is 7.82. The highest BCUT2D eigenvalue weighted by molar-refractivity contribution is 5.83. The molecule has 3 N–H and O–H groups in total. The van der Waals surface area contributed by atoms with Gasteiger partial charge >= 0.3 is 0 Å². The van der Waals surface area contributed by atoms with Gasteiger partial charge in [0, 0.05) is 35.8 Å². The number of benzene rings is 1. The fourth-order valence-corrected chi connectivity index (χ4v) is 5.36. The van der Waals surface area contributed by atoms with Crippen molar-refractivity contribution in [3.8, 4) is 11.5 Å². The second kappa shape index (κ2) is 15.8. The summed E-state index contributed by atoms with van der Waals surface area (Å²) in [5.41, 5.74) is 3.26. The van der Waals surface area contributed by atoms with Gasteiger partial charge in [-0.15, -0.1) is 0 Å². The van der Waals surface area contributed by atoms with Gasteiger partial charge in [-0.1, -0.05) is 72.3 Å². The number of Topliss-reactive ketones (excluding diaryl/α,β-unsaturated/α-hetero) is 1. The van der Waals surface area contributed by atoms with Crippen LogP contribution in [-0.4, -0.2) is 31.7 Å². The molecule has 2 aromatic heterocycles. The van der Waals surface area contributed by atoms with E-state index in [1.807, 2.05) is 18.3 Å². The van der Waals surface area contributed by atoms with Gasteiger partial charge in [0.1, 0.15) is 5.78 Å². The van der Waals surface area contributed by atoms with Crippen LogP contribution in [0.25, 0.3) is 10.9 Å². The number of carbonyl (C=O) groups excluding carboxylic acids is 1. The number of aliphatic hydroxyl groups excluding tert-OH is 1. The zero-order chi connectivity index (χ0) is 28.2. The number of phenolic OH excluding ortho intramolecular Hbond substituents is 1. The summed E-state index contributed by atoms with van der Waals surface area (Å²) in [4.78, 5) is 16.5. The summed E-state index contributed by atoms with van der Waals surface area (Å²) in [5.74, 6) is 0.976. The number of nitrogens with one attached hydrogen (secondary N) is 1. The zero-order valence-electron chi connectivity index (χ0n) is 24.5. The minimum atomic E-state index is -0.558. The van der Waals surface area contributed by atoms with Crippen molar-refractivity contribution in [2.45, 2.75) is 118 Å². The van der Waals surface area contributed by atoms with Gasteiger partial charge in [0.15, 0.2) is 18.2 Å². The SMILES string of the molecule is CCCCCC(O)C(CCCCC)C(=O)CCc1ccc(O)c(OCn2cc3[nH]ccc3c2CCC(C)C)c1. The maximum absolute atomic E-state index is 13.2. The molecule has 0 aliphatic rings. The predicted molar refractivity (Wildman–Crippen MR) is 159 cm³/mol. The number of aryl methyl sites for hydroxylation is 2. The van der Waals surface area contributed by atoms with E-state index < -0.39 is 6.10 Å². The summed E-state index contributed by atoms with van der Waals surface area (Å²) in [6.45, 7) is 9.06. The van der Waals surface area contributed by atoms with Crippen LogP contribution in [-0.2, 0) is 24.4 Å². The van der Waals surface area contributed by atoms with E-state index in [9.17, 15) is 15.0 Å². The molecule has 0 fully saturated rings. The average molecular weight is 539 g/mol. The van der Waals surface area contributed by atoms with Crippen molar-refractivity contribution in [2.24, 2.45) is 11.8 Å². The summed E-state index contributed by atoms with van der Waals surface area (Å²) in [6.07, 6.45) is 14.2. The van der Waals surface area contributed by atoms with Crippen LogP contribution in [0.3, 0.4) is 0 Å². The number of carbonyl (C=O) groups is 1. The predicted octanol–water partition coefficient (Wildman–Crippen LogP) is 7.94. The fourth-order valence-electron chi connectivity index (χ4n) is 5.36. The van der Waals surface area contributed by atoms with E-state index in [2.05, 4.69) is 49.5 Å². The molecule has 2 atom stereocenters. The number of aromatic hydroxyl groups is 1. The molecule has 2 unspecified atom stereocenters. The van der Waals surface area contributed by atoms with Crippen molar-refractivity contribution >= 4 is 16.7 Å². The first-order valence-electron chi connectivity index (χ1n) is 15.1. The number of fused-ring (bicyclic) bond motifs is 1. The third-order valence-corrected chi connectivity index (χ3v) is 7.82. The standard InChI is InChI=1S/C33H50N2O4/c1-5-7-9-11-27(30(36)12-10-8-6-2)31(37)17-14-25-15-18-32(38)33(21-25)39-23-35-22-28-26(19-20-34-28)29(35)16-13-24(3)4/h15,18-22,24,27,30,34,36,38H,5-14,16-17,23H2,1-4H3. The van der Waals surface area contributed by atoms with Crippen molar-refractivity contribution in [3.05, 3.63) is 47.9 Å². The van der Waals surface area contributed by atoms with E-state index in [4.69, 9.17) is 4.74 Å². The van der Waals surface area contributed by atoms with Gasteiger partial charge in [-0.25, -0.2) is 0 Å². The number of aliphatic hydroxyl groups is 1. The lowest BCUT2D eigenvalue weighted by molar-refractivity contribution is -0.126. The Labute approximate surface area is 234 Å². The molecule has 0 aliphatic carbocycles. The number of aromatic nitrogens is 2. The highest BCUT2D eigenvalue weighted by Crippen LogP contribution is 2.30. The average Bonchev–Trinajstić information content (AvgIpc) is 3.50. The number of hydrogen-bond donors (Lipinski definition) is 3. The number of hydrogen-bond acceptors (Lipinski definition) is 4. The van der Waals surface area contributed by atoms with Gasteiger partial charge in [-0.05, 0) is 61.8 Å². The summed E-state index contributed by atoms with van der Waals surface area (Å²) >= 11 is 0. The molecule has 2 heterocycles. The quantitative estimate of drug-likeness (QED) is 0.135. The lowest BCUT2D eigenvalue weighted by Gasteiger charge is -2.22. The lowest BCUT2D eigenvalue weighted by atomic mass is 9.86. The van der Waals surface area contributed by atoms with Gasteiger partial charge in [0.2, 0.25) is 0 Å². The molecular formula is C33H50N2O4. The molecule has 1 aromatic carbocycles. The number of ether oxygens (including phenoxy) is 1. The number of rotatable bonds is 19. The monoisotopic (exact) mass is 538 g/mol. The summed E-state index contributed by atoms with van der Waals surface area (Å²) in [6, 6.07) is 7.45. The molecule has 3 aromatic rings. The van der Waals surface area contributed by atoms with E-state index in [-0.39, 0.29) is 17.5 Å². The molecule has 0 saturated carbocycles. The molecule has 216 valence electrons. The third kappa shape index (κ3) is 9.16. The number of nitrogens with zero attached hydrogens (tertiary/aromatic N) is 1. The number of H-pyrrole nitrogens is 1. The normalized spacial score (nSPS) is 13.3. The topological polar surface area (TPSA) is 87.5 Å². The van der Waals surface area contributed by atoms with E-state index in [0.717, 1.165) is 68.9 Å². The Morgan fingerprint density at radius 3 is 2.46 bits per heavy atom. The molecule has 0 bridgehead atoms. The molecular weight excluding hydrogens is 488 g/mol. The Hall–Kier alpha value is -2.73. The van der Waals surface area contributed by atoms with Gasteiger partial charge in [-0.2, -0.15) is 0 Å². The Morgan fingerprint density at radius 1 is 1.00 bits per heavy atom. The van der Waals surface area contributed by atoms with Crippen LogP contribution in [0.2, 0.25) is 0 Å². The number of unbranched alkanes of at least 4 members (excludes halogenated alkanes) is 4. The van der Waals surface area contributed by atoms with Crippen LogP contribution < -0.4 is 4.74 Å². The Balaban J connectivity index is 1.63. The zero-order valence-corrected chi connectivity index (χ0v) is 24.5. The van der Waals surface area contributed by atoms with Crippen molar-refractivity contribution in [1.82, 2.24) is 9.55 Å². The van der Waals surface area contributed by atoms with Gasteiger partial charge in [-0.3, -0.25) is 4.79 Å². The van der Waals surface area contributed by atoms with Crippen molar-refractivity contribution in [1.29, 1.82) is 0 Å². The lowest BCUT2D eigenvalue weighted by Crippen LogP contribution is -2.28. The molecule has 3 rings (SSSR count). The van der Waals surface area contributed by atoms with E-state index in [1.54, 1.807) is 6.07 Å². The molecule has 0 aliphatic heterocycles. The Kier molecular flexibility index (Phi) is 12.4. The van der Waals surface area contributed by atoms with E-state index in [1.165, 1.54) is 11.1 Å². The smallest absolute Gasteiger partial charge is 0.165 e. The maximum atomic E-state index is 13.2. The first kappa shape index (κ1) is 30.8. The van der Waals surface area contributed by atoms with E-state index in [0.29, 0.717) is 37.7 Å². The minimum absolute atomic E-state index is 0.0929. The first-order chi connectivity index (χ1) is 18.8. The van der Waals surface area contributed by atoms with Gasteiger partial charge in [0.25, 0.3) is 0 Å². The van der Waals surface area contributed by atoms with Crippen LogP contribution in [0.15, 0.2) is 36.7 Å². The Morgan fingerprint density at radius 2 is 1.74 bits per heavy atom. The molecule has 0 amide bonds. The van der Waals surface area contributed by atoms with Crippen LogP contribution in [0.1, 0.15) is 103 Å². The molecule has 0 radical (unpaired) electrons. The molecule has 6 heteroatoms. The molecule has 0 saturated heterocycles. The van der Waals surface area contributed by atoms with Crippen molar-refractivity contribution in [2.75, 3.05) is 0 Å². The largest absolute Gasteiger partial charge is 0.504 e. The highest BCUT2D eigenvalue weighted by atomic mass is 16.5. The van der Waals surface area contributed by atoms with Crippen LogP contribution in [0.5, 0.6) is 11.5 Å². The van der Waals surface area contributed by atoms with Gasteiger partial charge in [0.05, 0.1) is 11.6 Å². The summed E-state index contributed by atoms with van der Waals surface area (Å²) in [5, 5.41) is 22.5.